The number of hydrogen-bond acceptors (Lipinski definition) is 2. The number of amides is 1. The fourth-order valence-corrected chi connectivity index (χ4v) is 2.74. The number of thioether (sulfide) groups is 1. The standard InChI is InChI=1S/C17H13ClF3NOS/c1-24-15-5-3-2-4-14(15)22-16(23)9-7-11-6-8-13(18)12(10-11)17(19,20)21/h2-10H,1H3,(H,22,23)/b9-7+. The van der Waals surface area contributed by atoms with Crippen LogP contribution in [0.15, 0.2) is 53.4 Å². The van der Waals surface area contributed by atoms with Crippen molar-refractivity contribution >= 4 is 41.0 Å². The van der Waals surface area contributed by atoms with Crippen molar-refractivity contribution < 1.29 is 18.0 Å². The summed E-state index contributed by atoms with van der Waals surface area (Å²) in [5.74, 6) is -0.431. The van der Waals surface area contributed by atoms with Crippen LogP contribution in [0.2, 0.25) is 5.02 Å². The van der Waals surface area contributed by atoms with Gasteiger partial charge in [-0.25, -0.2) is 0 Å². The van der Waals surface area contributed by atoms with Crippen molar-refractivity contribution in [3.63, 3.8) is 0 Å². The first-order valence-corrected chi connectivity index (χ1v) is 8.40. The summed E-state index contributed by atoms with van der Waals surface area (Å²) in [4.78, 5) is 12.8. The van der Waals surface area contributed by atoms with Gasteiger partial charge in [-0.1, -0.05) is 29.8 Å². The second-order valence-electron chi connectivity index (χ2n) is 4.76. The summed E-state index contributed by atoms with van der Waals surface area (Å²) in [7, 11) is 0. The van der Waals surface area contributed by atoms with Crippen LogP contribution in [-0.4, -0.2) is 12.2 Å². The van der Waals surface area contributed by atoms with Gasteiger partial charge < -0.3 is 5.32 Å². The molecule has 0 saturated carbocycles. The first-order chi connectivity index (χ1) is 11.3. The molecule has 0 fully saturated rings. The molecule has 0 bridgehead atoms. The Balaban J connectivity index is 2.15. The molecule has 2 aromatic carbocycles. The van der Waals surface area contributed by atoms with E-state index in [9.17, 15) is 18.0 Å². The summed E-state index contributed by atoms with van der Waals surface area (Å²) in [6.45, 7) is 0. The van der Waals surface area contributed by atoms with Crippen molar-refractivity contribution in [3.05, 3.63) is 64.7 Å². The molecule has 0 aliphatic heterocycles. The Morgan fingerprint density at radius 1 is 1.21 bits per heavy atom. The van der Waals surface area contributed by atoms with E-state index >= 15 is 0 Å². The lowest BCUT2D eigenvalue weighted by atomic mass is 10.1. The Morgan fingerprint density at radius 3 is 2.58 bits per heavy atom. The smallest absolute Gasteiger partial charge is 0.321 e. The lowest BCUT2D eigenvalue weighted by Gasteiger charge is -2.09. The molecular formula is C17H13ClF3NOS. The lowest BCUT2D eigenvalue weighted by Crippen LogP contribution is -2.08. The number of alkyl halides is 3. The van der Waals surface area contributed by atoms with Crippen molar-refractivity contribution in [1.29, 1.82) is 0 Å². The van der Waals surface area contributed by atoms with Gasteiger partial charge in [-0.05, 0) is 42.2 Å². The Morgan fingerprint density at radius 2 is 1.92 bits per heavy atom. The number of carbonyl (C=O) groups is 1. The van der Waals surface area contributed by atoms with E-state index < -0.39 is 17.6 Å². The number of benzene rings is 2. The number of halogens is 4. The van der Waals surface area contributed by atoms with E-state index in [2.05, 4.69) is 5.32 Å². The largest absolute Gasteiger partial charge is 0.417 e. The second-order valence-corrected chi connectivity index (χ2v) is 6.02. The molecule has 2 nitrogen and oxygen atoms in total. The molecule has 1 amide bonds. The zero-order valence-electron chi connectivity index (χ0n) is 12.5. The quantitative estimate of drug-likeness (QED) is 0.549. The zero-order valence-corrected chi connectivity index (χ0v) is 14.1. The Hall–Kier alpha value is -1.92. The van der Waals surface area contributed by atoms with Gasteiger partial charge in [-0.15, -0.1) is 11.8 Å². The molecule has 0 aliphatic carbocycles. The number of carbonyl (C=O) groups excluding carboxylic acids is 1. The van der Waals surface area contributed by atoms with E-state index in [-0.39, 0.29) is 10.6 Å². The minimum Gasteiger partial charge on any atom is -0.321 e. The van der Waals surface area contributed by atoms with Crippen LogP contribution in [0.5, 0.6) is 0 Å². The van der Waals surface area contributed by atoms with E-state index in [0.29, 0.717) is 5.69 Å². The fourth-order valence-electron chi connectivity index (χ4n) is 1.96. The van der Waals surface area contributed by atoms with Gasteiger partial charge in [-0.3, -0.25) is 4.79 Å². The molecule has 7 heteroatoms. The SMILES string of the molecule is CSc1ccccc1NC(=O)/C=C/c1ccc(Cl)c(C(F)(F)F)c1. The summed E-state index contributed by atoms with van der Waals surface area (Å²) in [6, 6.07) is 10.7. The third kappa shape index (κ3) is 4.79. The molecule has 0 heterocycles. The fraction of sp³-hybridized carbons (Fsp3) is 0.118. The summed E-state index contributed by atoms with van der Waals surface area (Å²) < 4.78 is 38.4. The van der Waals surface area contributed by atoms with Crippen LogP contribution in [0.3, 0.4) is 0 Å². The third-order valence-electron chi connectivity index (χ3n) is 3.09. The molecule has 1 N–H and O–H groups in total. The Bertz CT molecular complexity index is 775. The zero-order chi connectivity index (χ0) is 17.7. The van der Waals surface area contributed by atoms with Gasteiger partial charge in [0, 0.05) is 11.0 Å². The molecule has 0 saturated heterocycles. The third-order valence-corrected chi connectivity index (χ3v) is 4.21. The van der Waals surface area contributed by atoms with E-state index in [1.165, 1.54) is 30.0 Å². The lowest BCUT2D eigenvalue weighted by molar-refractivity contribution is -0.137. The highest BCUT2D eigenvalue weighted by Crippen LogP contribution is 2.35. The average Bonchev–Trinajstić information content (AvgIpc) is 2.53. The number of nitrogens with one attached hydrogen (secondary N) is 1. The van der Waals surface area contributed by atoms with Gasteiger partial charge in [0.15, 0.2) is 0 Å². The van der Waals surface area contributed by atoms with Crippen LogP contribution in [0.25, 0.3) is 6.08 Å². The minimum absolute atomic E-state index is 0.236. The first-order valence-electron chi connectivity index (χ1n) is 6.80. The van der Waals surface area contributed by atoms with E-state index in [1.807, 2.05) is 18.4 Å². The number of hydrogen-bond donors (Lipinski definition) is 1. The topological polar surface area (TPSA) is 29.1 Å². The molecule has 2 rings (SSSR count). The van der Waals surface area contributed by atoms with Crippen LogP contribution in [0, 0.1) is 0 Å². The van der Waals surface area contributed by atoms with Crippen LogP contribution in [0.1, 0.15) is 11.1 Å². The van der Waals surface area contributed by atoms with Crippen molar-refractivity contribution in [3.8, 4) is 0 Å². The molecule has 2 aromatic rings. The predicted molar refractivity (Wildman–Crippen MR) is 92.3 cm³/mol. The Labute approximate surface area is 146 Å². The van der Waals surface area contributed by atoms with Gasteiger partial charge in [0.1, 0.15) is 0 Å². The predicted octanol–water partition coefficient (Wildman–Crippen LogP) is 5.73. The van der Waals surface area contributed by atoms with Crippen LogP contribution in [0.4, 0.5) is 18.9 Å². The van der Waals surface area contributed by atoms with E-state index in [4.69, 9.17) is 11.6 Å². The normalized spacial score (nSPS) is 11.7. The Kier molecular flexibility index (Phi) is 5.96. The number of anilines is 1. The average molecular weight is 372 g/mol. The van der Waals surface area contributed by atoms with Gasteiger partial charge in [0.25, 0.3) is 0 Å². The first kappa shape index (κ1) is 18.4. The molecular weight excluding hydrogens is 359 g/mol. The van der Waals surface area contributed by atoms with Gasteiger partial charge in [0.2, 0.25) is 5.91 Å². The number of para-hydroxylation sites is 1. The highest BCUT2D eigenvalue weighted by Gasteiger charge is 2.33. The maximum atomic E-state index is 12.8. The highest BCUT2D eigenvalue weighted by molar-refractivity contribution is 7.98. The summed E-state index contributed by atoms with van der Waals surface area (Å²) >= 11 is 7.04. The molecule has 24 heavy (non-hydrogen) atoms. The van der Waals surface area contributed by atoms with Gasteiger partial charge >= 0.3 is 6.18 Å². The van der Waals surface area contributed by atoms with Crippen LogP contribution < -0.4 is 5.32 Å². The summed E-state index contributed by atoms with van der Waals surface area (Å²) in [5, 5.41) is 2.32. The maximum Gasteiger partial charge on any atom is 0.417 e. The van der Waals surface area contributed by atoms with Gasteiger partial charge in [0.05, 0.1) is 16.3 Å². The van der Waals surface area contributed by atoms with E-state index in [1.54, 1.807) is 12.1 Å². The molecule has 0 aromatic heterocycles. The molecule has 126 valence electrons. The monoisotopic (exact) mass is 371 g/mol. The molecule has 0 unspecified atom stereocenters. The van der Waals surface area contributed by atoms with Crippen molar-refractivity contribution in [2.75, 3.05) is 11.6 Å². The van der Waals surface area contributed by atoms with Crippen LogP contribution >= 0.6 is 23.4 Å². The summed E-state index contributed by atoms with van der Waals surface area (Å²) in [6.07, 6.45) is -0.170. The van der Waals surface area contributed by atoms with Crippen molar-refractivity contribution in [2.45, 2.75) is 11.1 Å². The minimum atomic E-state index is -4.54. The molecule has 0 aliphatic rings. The van der Waals surface area contributed by atoms with Crippen LogP contribution in [-0.2, 0) is 11.0 Å². The number of rotatable bonds is 4. The molecule has 0 spiro atoms. The van der Waals surface area contributed by atoms with Crippen molar-refractivity contribution in [1.82, 2.24) is 0 Å². The maximum absolute atomic E-state index is 12.8. The van der Waals surface area contributed by atoms with E-state index in [0.717, 1.165) is 17.0 Å². The van der Waals surface area contributed by atoms with Gasteiger partial charge in [-0.2, -0.15) is 13.2 Å². The highest BCUT2D eigenvalue weighted by atomic mass is 35.5. The second kappa shape index (κ2) is 7.77. The molecule has 0 radical (unpaired) electrons. The molecule has 0 atom stereocenters. The van der Waals surface area contributed by atoms with Crippen molar-refractivity contribution in [2.24, 2.45) is 0 Å². The summed E-state index contributed by atoms with van der Waals surface area (Å²) in [5.41, 5.74) is -0.0498.